The molecule has 53 heavy (non-hydrogen) atoms. The first-order valence-electron chi connectivity index (χ1n) is 17.1. The van der Waals surface area contributed by atoms with Gasteiger partial charge in [0.25, 0.3) is 0 Å². The van der Waals surface area contributed by atoms with Gasteiger partial charge in [0.1, 0.15) is 19.8 Å². The van der Waals surface area contributed by atoms with E-state index in [4.69, 9.17) is 28.8 Å². The lowest BCUT2D eigenvalue weighted by atomic mass is 9.86. The van der Waals surface area contributed by atoms with Gasteiger partial charge in [0, 0.05) is 29.4 Å². The average molecular weight is 877 g/mol. The van der Waals surface area contributed by atoms with E-state index >= 15 is 0 Å². The molecule has 0 aromatic heterocycles. The molecule has 0 aliphatic carbocycles. The Bertz CT molecular complexity index is 1360. The second-order valence-electron chi connectivity index (χ2n) is 12.9. The van der Waals surface area contributed by atoms with E-state index in [2.05, 4.69) is 41.3 Å². The van der Waals surface area contributed by atoms with Gasteiger partial charge in [0.05, 0.1) is 43.9 Å². The molecule has 2 aromatic rings. The zero-order chi connectivity index (χ0) is 39.7. The summed E-state index contributed by atoms with van der Waals surface area (Å²) in [6, 6.07) is 19.8. The molecule has 1 fully saturated rings. The molecule has 1 aliphatic rings. The first kappa shape index (κ1) is 47.3. The Morgan fingerprint density at radius 2 is 1.09 bits per heavy atom. The Balaban J connectivity index is 0.000000473. The van der Waals surface area contributed by atoms with Crippen LogP contribution in [-0.4, -0.2) is 88.2 Å². The molecule has 0 saturated carbocycles. The number of aliphatic hydroxyl groups is 1. The summed E-state index contributed by atoms with van der Waals surface area (Å²) in [6.07, 6.45) is 1.01. The number of carbonyl (C=O) groups is 5. The van der Waals surface area contributed by atoms with Crippen LogP contribution in [0.2, 0.25) is 0 Å². The van der Waals surface area contributed by atoms with Crippen LogP contribution in [0.25, 0.3) is 0 Å². The average Bonchev–Trinajstić information content (AvgIpc) is 3.13. The van der Waals surface area contributed by atoms with Crippen molar-refractivity contribution in [1.29, 1.82) is 0 Å². The largest absolute Gasteiger partial charge is 0.508 e. The number of cyclic esters (lactones) is 2. The second-order valence-corrected chi connectivity index (χ2v) is 15.1. The number of esters is 3. The minimum Gasteiger partial charge on any atom is -0.466 e. The molecular weight excluding hydrogens is 824 g/mol. The van der Waals surface area contributed by atoms with Gasteiger partial charge >= 0.3 is 30.2 Å². The van der Waals surface area contributed by atoms with E-state index in [1.54, 1.807) is 0 Å². The van der Waals surface area contributed by atoms with Gasteiger partial charge in [0.15, 0.2) is 0 Å². The molecule has 0 amide bonds. The number of benzene rings is 2. The van der Waals surface area contributed by atoms with Crippen LogP contribution in [0, 0.1) is 10.8 Å². The van der Waals surface area contributed by atoms with E-state index in [0.29, 0.717) is 32.5 Å². The van der Waals surface area contributed by atoms with E-state index < -0.39 is 23.1 Å². The predicted octanol–water partition coefficient (Wildman–Crippen LogP) is 7.81. The van der Waals surface area contributed by atoms with Gasteiger partial charge in [-0.05, 0) is 51.7 Å². The van der Waals surface area contributed by atoms with Crippen LogP contribution in [0.3, 0.4) is 0 Å². The van der Waals surface area contributed by atoms with E-state index in [1.807, 2.05) is 88.4 Å². The zero-order valence-electron chi connectivity index (χ0n) is 31.0. The smallest absolute Gasteiger partial charge is 0.466 e. The summed E-state index contributed by atoms with van der Waals surface area (Å²) in [7, 11) is 0. The van der Waals surface area contributed by atoms with Crippen LogP contribution < -0.4 is 0 Å². The molecule has 1 N–H and O–H groups in total. The Hall–Kier alpha value is -3.69. The molecule has 0 spiro atoms. The minimum absolute atomic E-state index is 0.0226. The third kappa shape index (κ3) is 21.6. The standard InChI is InChI=1S/C20H27BrO7.C14H19BrO3.C4H6O3/c1-15(22)25-10-7-11-27-19(24)28-13-12-26-18(23)20(2,3)14-17(21)16-8-5-4-6-9-16;1-14(2,13(17)18-9-8-16)10-12(15)11-6-4-3-5-7-11;5-4-6-2-1-3-7-4/h4-6,8-9,17H,7,10-14H2,1-3H3;3-7,12,16H,8-10H2,1-2H3;1-3H2. The highest BCUT2D eigenvalue weighted by atomic mass is 79.9. The zero-order valence-corrected chi connectivity index (χ0v) is 34.2. The van der Waals surface area contributed by atoms with Crippen molar-refractivity contribution in [3.05, 3.63) is 71.8 Å². The van der Waals surface area contributed by atoms with Crippen molar-refractivity contribution >= 4 is 62.1 Å². The molecule has 3 rings (SSSR count). The van der Waals surface area contributed by atoms with E-state index in [-0.39, 0.29) is 67.2 Å². The molecule has 1 saturated heterocycles. The summed E-state index contributed by atoms with van der Waals surface area (Å²) < 4.78 is 33.4. The fourth-order valence-electron chi connectivity index (χ4n) is 4.29. The van der Waals surface area contributed by atoms with Crippen LogP contribution in [-0.2, 0) is 47.5 Å². The summed E-state index contributed by atoms with van der Waals surface area (Å²) in [5.41, 5.74) is 0.934. The minimum atomic E-state index is -0.859. The van der Waals surface area contributed by atoms with E-state index in [0.717, 1.165) is 17.5 Å². The first-order chi connectivity index (χ1) is 25.1. The molecule has 2 unspecified atom stereocenters. The Labute approximate surface area is 328 Å². The summed E-state index contributed by atoms with van der Waals surface area (Å²) in [5, 5.41) is 8.65. The molecule has 0 bridgehead atoms. The molecular formula is C38H52Br2O13. The van der Waals surface area contributed by atoms with Crippen molar-refractivity contribution in [2.45, 2.75) is 70.0 Å². The summed E-state index contributed by atoms with van der Waals surface area (Å²) in [5.74, 6) is -1.04. The van der Waals surface area contributed by atoms with E-state index in [1.165, 1.54) is 6.92 Å². The number of hydrogen-bond acceptors (Lipinski definition) is 13. The Morgan fingerprint density at radius 1 is 0.679 bits per heavy atom. The summed E-state index contributed by atoms with van der Waals surface area (Å²) in [4.78, 5) is 56.3. The lowest BCUT2D eigenvalue weighted by Crippen LogP contribution is -2.29. The lowest BCUT2D eigenvalue weighted by molar-refractivity contribution is -0.156. The van der Waals surface area contributed by atoms with Gasteiger partial charge in [-0.25, -0.2) is 9.59 Å². The molecule has 13 nitrogen and oxygen atoms in total. The number of ether oxygens (including phenoxy) is 7. The quantitative estimate of drug-likeness (QED) is 0.0708. The fraction of sp³-hybridized carbons (Fsp3) is 0.553. The van der Waals surface area contributed by atoms with Gasteiger partial charge in [-0.2, -0.15) is 0 Å². The predicted molar refractivity (Wildman–Crippen MR) is 202 cm³/mol. The van der Waals surface area contributed by atoms with Crippen molar-refractivity contribution in [2.75, 3.05) is 52.9 Å². The molecule has 1 heterocycles. The topological polar surface area (TPSA) is 170 Å². The van der Waals surface area contributed by atoms with E-state index in [9.17, 15) is 24.0 Å². The Kier molecular flexibility index (Phi) is 23.3. The SMILES string of the molecule is CC(=O)OCCCOC(=O)OCCOC(=O)C(C)(C)CC(Br)c1ccccc1.CC(C)(CC(Br)c1ccccc1)C(=O)OCCO.O=C1OCCCO1. The molecule has 15 heteroatoms. The number of aliphatic hydroxyl groups excluding tert-OH is 1. The monoisotopic (exact) mass is 874 g/mol. The van der Waals surface area contributed by atoms with Crippen LogP contribution in [0.5, 0.6) is 0 Å². The number of alkyl halides is 2. The highest BCUT2D eigenvalue weighted by molar-refractivity contribution is 9.09. The number of halogens is 2. The van der Waals surface area contributed by atoms with Gasteiger partial charge < -0.3 is 38.3 Å². The van der Waals surface area contributed by atoms with Crippen LogP contribution >= 0.6 is 31.9 Å². The highest BCUT2D eigenvalue weighted by Crippen LogP contribution is 2.37. The van der Waals surface area contributed by atoms with Crippen molar-refractivity contribution in [1.82, 2.24) is 0 Å². The Morgan fingerprint density at radius 3 is 1.51 bits per heavy atom. The molecule has 296 valence electrons. The second kappa shape index (κ2) is 26.1. The maximum Gasteiger partial charge on any atom is 0.508 e. The normalized spacial score (nSPS) is 13.5. The number of rotatable bonds is 17. The third-order valence-corrected chi connectivity index (χ3v) is 8.91. The van der Waals surface area contributed by atoms with Crippen molar-refractivity contribution in [3.8, 4) is 0 Å². The van der Waals surface area contributed by atoms with Crippen LogP contribution in [0.1, 0.15) is 81.1 Å². The highest BCUT2D eigenvalue weighted by Gasteiger charge is 2.33. The molecule has 2 aromatic carbocycles. The van der Waals surface area contributed by atoms with Crippen molar-refractivity contribution in [3.63, 3.8) is 0 Å². The van der Waals surface area contributed by atoms with Gasteiger partial charge in [-0.15, -0.1) is 0 Å². The van der Waals surface area contributed by atoms with Gasteiger partial charge in [-0.3, -0.25) is 14.4 Å². The number of hydrogen-bond donors (Lipinski definition) is 1. The molecule has 2 atom stereocenters. The summed E-state index contributed by atoms with van der Waals surface area (Å²) >= 11 is 7.21. The molecule has 1 aliphatic heterocycles. The van der Waals surface area contributed by atoms with Crippen LogP contribution in [0.4, 0.5) is 9.59 Å². The maximum absolute atomic E-state index is 12.3. The van der Waals surface area contributed by atoms with Crippen LogP contribution in [0.15, 0.2) is 60.7 Å². The summed E-state index contributed by atoms with van der Waals surface area (Å²) in [6.45, 7) is 9.67. The maximum atomic E-state index is 12.3. The number of carbonyl (C=O) groups excluding carboxylic acids is 5. The third-order valence-electron chi connectivity index (χ3n) is 7.21. The lowest BCUT2D eigenvalue weighted by Gasteiger charge is -2.25. The first-order valence-corrected chi connectivity index (χ1v) is 19.0. The molecule has 0 radical (unpaired) electrons. The van der Waals surface area contributed by atoms with Crippen molar-refractivity contribution < 1.29 is 62.2 Å². The fourth-order valence-corrected chi connectivity index (χ4v) is 6.52. The van der Waals surface area contributed by atoms with Crippen molar-refractivity contribution in [2.24, 2.45) is 10.8 Å². The van der Waals surface area contributed by atoms with Gasteiger partial charge in [0.2, 0.25) is 0 Å². The van der Waals surface area contributed by atoms with Gasteiger partial charge in [-0.1, -0.05) is 92.5 Å².